The molecule has 0 saturated carbocycles. The van der Waals surface area contributed by atoms with Crippen LogP contribution in [0.5, 0.6) is 0 Å². The van der Waals surface area contributed by atoms with E-state index >= 15 is 0 Å². The van der Waals surface area contributed by atoms with Crippen molar-refractivity contribution in [1.29, 1.82) is 0 Å². The number of likely N-dealkylation sites (tertiary alicyclic amines) is 1. The highest BCUT2D eigenvalue weighted by Gasteiger charge is 2.28. The average molecular weight is 461 g/mol. The molecule has 1 unspecified atom stereocenters. The average Bonchev–Trinajstić information content (AvgIpc) is 2.82. The molecule has 1 saturated heterocycles. The first-order valence-electron chi connectivity index (χ1n) is 13.0. The standard InChI is InChI=1S/C30H40N2O2/c1-30(2,3)20-28(33)31-21-22-9-12-27-26(19-22)11-10-25(29(27)34)15-18-32-16-13-24(14-17-32)23-7-5-4-6-8-23/h4-9,12,19,24-25H,10-11,13-18,20-21H2,1-3H3,(H,31,33). The Balaban J connectivity index is 1.25. The van der Waals surface area contributed by atoms with E-state index in [0.29, 0.717) is 24.7 Å². The van der Waals surface area contributed by atoms with Crippen molar-refractivity contribution in [3.8, 4) is 0 Å². The number of fused-ring (bicyclic) bond motifs is 1. The maximum atomic E-state index is 13.2. The molecule has 0 spiro atoms. The minimum absolute atomic E-state index is 0.0147. The first kappa shape index (κ1) is 24.7. The van der Waals surface area contributed by atoms with Gasteiger partial charge in [0.25, 0.3) is 0 Å². The van der Waals surface area contributed by atoms with Crippen LogP contribution in [0.1, 0.15) is 85.8 Å². The molecule has 0 radical (unpaired) electrons. The summed E-state index contributed by atoms with van der Waals surface area (Å²) in [6.45, 7) is 10.0. The molecule has 1 atom stereocenters. The van der Waals surface area contributed by atoms with E-state index in [9.17, 15) is 9.59 Å². The molecule has 0 bridgehead atoms. The van der Waals surface area contributed by atoms with Gasteiger partial charge in [0.15, 0.2) is 5.78 Å². The fraction of sp³-hybridized carbons (Fsp3) is 0.533. The van der Waals surface area contributed by atoms with Crippen LogP contribution >= 0.6 is 0 Å². The summed E-state index contributed by atoms with van der Waals surface area (Å²) in [4.78, 5) is 27.9. The Morgan fingerprint density at radius 3 is 2.47 bits per heavy atom. The van der Waals surface area contributed by atoms with Crippen LogP contribution in [-0.2, 0) is 17.8 Å². The zero-order chi connectivity index (χ0) is 24.1. The minimum Gasteiger partial charge on any atom is -0.352 e. The summed E-state index contributed by atoms with van der Waals surface area (Å²) in [6, 6.07) is 17.0. The lowest BCUT2D eigenvalue weighted by molar-refractivity contribution is -0.122. The molecule has 1 N–H and O–H groups in total. The van der Waals surface area contributed by atoms with Gasteiger partial charge in [-0.2, -0.15) is 0 Å². The van der Waals surface area contributed by atoms with Crippen LogP contribution in [-0.4, -0.2) is 36.2 Å². The van der Waals surface area contributed by atoms with E-state index in [1.165, 1.54) is 18.4 Å². The second kappa shape index (κ2) is 10.9. The van der Waals surface area contributed by atoms with Crippen LogP contribution < -0.4 is 5.32 Å². The van der Waals surface area contributed by atoms with Gasteiger partial charge in [-0.25, -0.2) is 0 Å². The van der Waals surface area contributed by atoms with Gasteiger partial charge in [-0.15, -0.1) is 0 Å². The lowest BCUT2D eigenvalue weighted by Crippen LogP contribution is -2.35. The van der Waals surface area contributed by atoms with Gasteiger partial charge in [-0.05, 0) is 79.8 Å². The van der Waals surface area contributed by atoms with Crippen LogP contribution in [0.4, 0.5) is 0 Å². The van der Waals surface area contributed by atoms with Crippen molar-refractivity contribution in [2.45, 2.75) is 71.8 Å². The topological polar surface area (TPSA) is 49.4 Å². The van der Waals surface area contributed by atoms with Gasteiger partial charge in [0, 0.05) is 24.4 Å². The number of amides is 1. The van der Waals surface area contributed by atoms with E-state index in [-0.39, 0.29) is 17.2 Å². The molecule has 1 aliphatic heterocycles. The van der Waals surface area contributed by atoms with E-state index in [1.54, 1.807) is 0 Å². The molecule has 1 fully saturated rings. The SMILES string of the molecule is CC(C)(C)CC(=O)NCc1ccc2c(c1)CCC(CCN1CCC(c3ccccc3)CC1)C2=O. The van der Waals surface area contributed by atoms with Crippen LogP contribution in [0.15, 0.2) is 48.5 Å². The molecule has 1 amide bonds. The number of carbonyl (C=O) groups is 2. The summed E-state index contributed by atoms with van der Waals surface area (Å²) in [5.41, 5.74) is 4.57. The van der Waals surface area contributed by atoms with Gasteiger partial charge in [-0.3, -0.25) is 9.59 Å². The summed E-state index contributed by atoms with van der Waals surface area (Å²) in [6.07, 6.45) is 5.78. The molecular weight excluding hydrogens is 420 g/mol. The summed E-state index contributed by atoms with van der Waals surface area (Å²) >= 11 is 0. The highest BCUT2D eigenvalue weighted by atomic mass is 16.1. The molecule has 1 heterocycles. The van der Waals surface area contributed by atoms with Crippen molar-refractivity contribution in [1.82, 2.24) is 10.2 Å². The number of hydrogen-bond acceptors (Lipinski definition) is 3. The van der Waals surface area contributed by atoms with Crippen LogP contribution in [0.25, 0.3) is 0 Å². The Morgan fingerprint density at radius 1 is 1.03 bits per heavy atom. The number of aryl methyl sites for hydroxylation is 1. The predicted molar refractivity (Wildman–Crippen MR) is 138 cm³/mol. The van der Waals surface area contributed by atoms with Crippen LogP contribution in [0.3, 0.4) is 0 Å². The number of ketones is 1. The zero-order valence-corrected chi connectivity index (χ0v) is 21.1. The predicted octanol–water partition coefficient (Wildman–Crippen LogP) is 5.75. The number of Topliss-reactive ketones (excluding diaryl/α,β-unsaturated/α-hetero) is 1. The maximum Gasteiger partial charge on any atom is 0.220 e. The highest BCUT2D eigenvalue weighted by Crippen LogP contribution is 2.31. The lowest BCUT2D eigenvalue weighted by atomic mass is 9.80. The number of benzene rings is 2. The van der Waals surface area contributed by atoms with Gasteiger partial charge in [-0.1, -0.05) is 69.3 Å². The number of carbonyl (C=O) groups excluding carboxylic acids is 2. The van der Waals surface area contributed by atoms with Crippen molar-refractivity contribution in [3.63, 3.8) is 0 Å². The molecule has 2 aromatic rings. The van der Waals surface area contributed by atoms with Crippen molar-refractivity contribution < 1.29 is 9.59 Å². The van der Waals surface area contributed by atoms with E-state index in [0.717, 1.165) is 55.6 Å². The largest absolute Gasteiger partial charge is 0.352 e. The molecule has 4 nitrogen and oxygen atoms in total. The van der Waals surface area contributed by atoms with Gasteiger partial charge >= 0.3 is 0 Å². The van der Waals surface area contributed by atoms with Crippen molar-refractivity contribution in [2.75, 3.05) is 19.6 Å². The third-order valence-corrected chi connectivity index (χ3v) is 7.40. The Labute approximate surface area is 205 Å². The number of hydrogen-bond donors (Lipinski definition) is 1. The fourth-order valence-electron chi connectivity index (χ4n) is 5.46. The summed E-state index contributed by atoms with van der Waals surface area (Å²) in [5, 5.41) is 3.02. The molecule has 4 rings (SSSR count). The Morgan fingerprint density at radius 2 is 1.76 bits per heavy atom. The number of nitrogens with zero attached hydrogens (tertiary/aromatic N) is 1. The molecule has 0 aromatic heterocycles. The molecule has 182 valence electrons. The molecular formula is C30H40N2O2. The van der Waals surface area contributed by atoms with Gasteiger partial charge in [0.2, 0.25) is 5.91 Å². The normalized spacial score (nSPS) is 19.6. The summed E-state index contributed by atoms with van der Waals surface area (Å²) < 4.78 is 0. The molecule has 1 aliphatic carbocycles. The fourth-order valence-corrected chi connectivity index (χ4v) is 5.46. The summed E-state index contributed by atoms with van der Waals surface area (Å²) in [7, 11) is 0. The zero-order valence-electron chi connectivity index (χ0n) is 21.1. The first-order valence-corrected chi connectivity index (χ1v) is 13.0. The molecule has 4 heteroatoms. The third kappa shape index (κ3) is 6.56. The van der Waals surface area contributed by atoms with Crippen molar-refractivity contribution >= 4 is 11.7 Å². The quantitative estimate of drug-likeness (QED) is 0.572. The minimum atomic E-state index is -0.0147. The van der Waals surface area contributed by atoms with E-state index in [2.05, 4.69) is 67.4 Å². The Bertz CT molecular complexity index is 985. The second-order valence-electron chi connectivity index (χ2n) is 11.4. The van der Waals surface area contributed by atoms with Crippen molar-refractivity contribution in [2.24, 2.45) is 11.3 Å². The van der Waals surface area contributed by atoms with Gasteiger partial charge in [0.05, 0.1) is 0 Å². The second-order valence-corrected chi connectivity index (χ2v) is 11.4. The third-order valence-electron chi connectivity index (χ3n) is 7.40. The van der Waals surface area contributed by atoms with Crippen LogP contribution in [0.2, 0.25) is 0 Å². The number of piperidine rings is 1. The highest BCUT2D eigenvalue weighted by molar-refractivity contribution is 6.00. The molecule has 34 heavy (non-hydrogen) atoms. The van der Waals surface area contributed by atoms with E-state index < -0.39 is 0 Å². The van der Waals surface area contributed by atoms with E-state index in [1.807, 2.05) is 12.1 Å². The summed E-state index contributed by atoms with van der Waals surface area (Å²) in [5.74, 6) is 1.20. The number of rotatable bonds is 7. The van der Waals surface area contributed by atoms with E-state index in [4.69, 9.17) is 0 Å². The Kier molecular flexibility index (Phi) is 7.88. The van der Waals surface area contributed by atoms with Crippen molar-refractivity contribution in [3.05, 3.63) is 70.8 Å². The lowest BCUT2D eigenvalue weighted by Gasteiger charge is -2.33. The van der Waals surface area contributed by atoms with Gasteiger partial charge in [0.1, 0.15) is 0 Å². The molecule has 2 aliphatic rings. The Hall–Kier alpha value is -2.46. The smallest absolute Gasteiger partial charge is 0.220 e. The van der Waals surface area contributed by atoms with Gasteiger partial charge < -0.3 is 10.2 Å². The molecule has 2 aromatic carbocycles. The first-order chi connectivity index (χ1) is 16.3. The maximum absolute atomic E-state index is 13.2. The monoisotopic (exact) mass is 460 g/mol. The number of nitrogens with one attached hydrogen (secondary N) is 1. The van der Waals surface area contributed by atoms with Crippen LogP contribution in [0, 0.1) is 11.3 Å².